The molecule has 0 radical (unpaired) electrons. The SMILES string of the molecule is CC(C)c1cc(C2=C(CO)CCC2)c(OCC(F)F)c(C(C)C)c1. The number of aliphatic hydroxyl groups is 1. The van der Waals surface area contributed by atoms with Crippen LogP contribution >= 0.6 is 0 Å². The molecule has 0 atom stereocenters. The molecule has 0 aromatic heterocycles. The van der Waals surface area contributed by atoms with Crippen LogP contribution in [0.15, 0.2) is 17.7 Å². The van der Waals surface area contributed by atoms with Gasteiger partial charge in [0.25, 0.3) is 6.43 Å². The summed E-state index contributed by atoms with van der Waals surface area (Å²) in [7, 11) is 0. The lowest BCUT2D eigenvalue weighted by Gasteiger charge is -2.22. The van der Waals surface area contributed by atoms with E-state index >= 15 is 0 Å². The maximum absolute atomic E-state index is 12.7. The van der Waals surface area contributed by atoms with E-state index in [0.717, 1.165) is 41.5 Å². The van der Waals surface area contributed by atoms with Crippen LogP contribution in [-0.4, -0.2) is 24.7 Å². The molecule has 0 saturated heterocycles. The number of alkyl halides is 2. The predicted octanol–water partition coefficient (Wildman–Crippen LogP) is 5.51. The number of halogens is 2. The zero-order chi connectivity index (χ0) is 17.9. The van der Waals surface area contributed by atoms with Crippen molar-refractivity contribution in [3.8, 4) is 5.75 Å². The molecule has 1 aliphatic rings. The Morgan fingerprint density at radius 3 is 2.33 bits per heavy atom. The average Bonchev–Trinajstić information content (AvgIpc) is 3.00. The summed E-state index contributed by atoms with van der Waals surface area (Å²) in [4.78, 5) is 0. The van der Waals surface area contributed by atoms with Gasteiger partial charge >= 0.3 is 0 Å². The van der Waals surface area contributed by atoms with Crippen molar-refractivity contribution < 1.29 is 18.6 Å². The molecule has 0 fully saturated rings. The number of aliphatic hydroxyl groups excluding tert-OH is 1. The first-order valence-corrected chi connectivity index (χ1v) is 8.76. The minimum absolute atomic E-state index is 0.0204. The van der Waals surface area contributed by atoms with Crippen molar-refractivity contribution in [1.82, 2.24) is 0 Å². The van der Waals surface area contributed by atoms with Crippen molar-refractivity contribution in [3.63, 3.8) is 0 Å². The summed E-state index contributed by atoms with van der Waals surface area (Å²) in [6.07, 6.45) is 0.211. The van der Waals surface area contributed by atoms with Crippen molar-refractivity contribution in [3.05, 3.63) is 34.4 Å². The van der Waals surface area contributed by atoms with E-state index in [4.69, 9.17) is 4.74 Å². The maximum atomic E-state index is 12.7. The molecular formula is C20H28F2O2. The first-order valence-electron chi connectivity index (χ1n) is 8.76. The number of allylic oxidation sites excluding steroid dienone is 1. The van der Waals surface area contributed by atoms with Gasteiger partial charge < -0.3 is 9.84 Å². The van der Waals surface area contributed by atoms with Gasteiger partial charge in [0.2, 0.25) is 0 Å². The van der Waals surface area contributed by atoms with E-state index < -0.39 is 13.0 Å². The Kier molecular flexibility index (Phi) is 6.39. The van der Waals surface area contributed by atoms with E-state index in [1.165, 1.54) is 5.56 Å². The van der Waals surface area contributed by atoms with E-state index in [0.29, 0.717) is 11.7 Å². The fourth-order valence-corrected chi connectivity index (χ4v) is 3.27. The highest BCUT2D eigenvalue weighted by atomic mass is 19.3. The molecule has 1 aromatic rings. The Morgan fingerprint density at radius 1 is 1.08 bits per heavy atom. The second kappa shape index (κ2) is 8.11. The zero-order valence-electron chi connectivity index (χ0n) is 15.0. The lowest BCUT2D eigenvalue weighted by Crippen LogP contribution is -2.11. The van der Waals surface area contributed by atoms with Crippen LogP contribution in [0.5, 0.6) is 5.75 Å². The Bertz CT molecular complexity index is 604. The highest BCUT2D eigenvalue weighted by Crippen LogP contribution is 2.43. The van der Waals surface area contributed by atoms with Gasteiger partial charge in [-0.2, -0.15) is 0 Å². The van der Waals surface area contributed by atoms with Gasteiger partial charge in [-0.05, 0) is 59.4 Å². The van der Waals surface area contributed by atoms with Crippen molar-refractivity contribution in [1.29, 1.82) is 0 Å². The second-order valence-electron chi connectivity index (χ2n) is 7.09. The minimum atomic E-state index is -2.50. The van der Waals surface area contributed by atoms with Crippen LogP contribution in [0.1, 0.15) is 75.5 Å². The smallest absolute Gasteiger partial charge is 0.272 e. The molecule has 0 spiro atoms. The summed E-state index contributed by atoms with van der Waals surface area (Å²) in [5.41, 5.74) is 5.12. The van der Waals surface area contributed by atoms with E-state index in [1.54, 1.807) is 0 Å². The van der Waals surface area contributed by atoms with Crippen molar-refractivity contribution >= 4 is 5.57 Å². The third kappa shape index (κ3) is 4.15. The van der Waals surface area contributed by atoms with Gasteiger partial charge in [0, 0.05) is 5.56 Å². The molecule has 4 heteroatoms. The molecule has 2 nitrogen and oxygen atoms in total. The molecule has 0 unspecified atom stereocenters. The van der Waals surface area contributed by atoms with E-state index in [9.17, 15) is 13.9 Å². The van der Waals surface area contributed by atoms with E-state index in [1.807, 2.05) is 0 Å². The predicted molar refractivity (Wildman–Crippen MR) is 94.0 cm³/mol. The highest BCUT2D eigenvalue weighted by Gasteiger charge is 2.24. The van der Waals surface area contributed by atoms with E-state index in [-0.39, 0.29) is 12.5 Å². The third-order valence-corrected chi connectivity index (χ3v) is 4.63. The van der Waals surface area contributed by atoms with Crippen molar-refractivity contribution in [2.75, 3.05) is 13.2 Å². The quantitative estimate of drug-likeness (QED) is 0.710. The van der Waals surface area contributed by atoms with Crippen LogP contribution in [0.25, 0.3) is 5.57 Å². The summed E-state index contributed by atoms with van der Waals surface area (Å²) in [5, 5.41) is 9.65. The van der Waals surface area contributed by atoms with Gasteiger partial charge in [0.05, 0.1) is 6.61 Å². The number of hydrogen-bond acceptors (Lipinski definition) is 2. The van der Waals surface area contributed by atoms with Gasteiger partial charge in [-0.15, -0.1) is 0 Å². The topological polar surface area (TPSA) is 29.5 Å². The fourth-order valence-electron chi connectivity index (χ4n) is 3.27. The Labute approximate surface area is 143 Å². The molecule has 24 heavy (non-hydrogen) atoms. The Morgan fingerprint density at radius 2 is 1.79 bits per heavy atom. The summed E-state index contributed by atoms with van der Waals surface area (Å²) >= 11 is 0. The van der Waals surface area contributed by atoms with Gasteiger partial charge in [0.15, 0.2) is 0 Å². The Hall–Kier alpha value is -1.42. The summed E-state index contributed by atoms with van der Waals surface area (Å²) in [5.74, 6) is 1.08. The molecule has 1 aromatic carbocycles. The van der Waals surface area contributed by atoms with Gasteiger partial charge in [-0.1, -0.05) is 33.8 Å². The summed E-state index contributed by atoms with van der Waals surface area (Å²) in [6.45, 7) is 7.77. The molecule has 0 heterocycles. The number of ether oxygens (including phenoxy) is 1. The standard InChI is InChI=1S/C20H28F2O2/c1-12(2)15-8-17(13(3)4)20(24-11-19(21)22)18(9-15)16-7-5-6-14(16)10-23/h8-9,12-13,19,23H,5-7,10-11H2,1-4H3. The van der Waals surface area contributed by atoms with Crippen molar-refractivity contribution in [2.24, 2.45) is 0 Å². The lowest BCUT2D eigenvalue weighted by molar-refractivity contribution is 0.0811. The lowest BCUT2D eigenvalue weighted by atomic mass is 9.88. The molecule has 0 amide bonds. The van der Waals surface area contributed by atoms with Gasteiger partial charge in [-0.25, -0.2) is 8.78 Å². The largest absolute Gasteiger partial charge is 0.487 e. The summed E-state index contributed by atoms with van der Waals surface area (Å²) in [6, 6.07) is 4.14. The number of rotatable bonds is 7. The molecule has 2 rings (SSSR count). The third-order valence-electron chi connectivity index (χ3n) is 4.63. The minimum Gasteiger partial charge on any atom is -0.487 e. The van der Waals surface area contributed by atoms with Crippen LogP contribution in [0.4, 0.5) is 8.78 Å². The molecule has 0 aliphatic heterocycles. The van der Waals surface area contributed by atoms with Crippen LogP contribution in [0.3, 0.4) is 0 Å². The van der Waals surface area contributed by atoms with Gasteiger partial charge in [-0.3, -0.25) is 0 Å². The highest BCUT2D eigenvalue weighted by molar-refractivity contribution is 5.77. The van der Waals surface area contributed by atoms with Gasteiger partial charge in [0.1, 0.15) is 12.4 Å². The van der Waals surface area contributed by atoms with Crippen LogP contribution in [0, 0.1) is 0 Å². The molecule has 0 saturated carbocycles. The molecular weight excluding hydrogens is 310 g/mol. The average molecular weight is 338 g/mol. The van der Waals surface area contributed by atoms with E-state index in [2.05, 4.69) is 39.8 Å². The fraction of sp³-hybridized carbons (Fsp3) is 0.600. The van der Waals surface area contributed by atoms with Crippen molar-refractivity contribution in [2.45, 2.75) is 65.2 Å². The zero-order valence-corrected chi connectivity index (χ0v) is 15.0. The first-order chi connectivity index (χ1) is 11.3. The van der Waals surface area contributed by atoms with Crippen LogP contribution in [0.2, 0.25) is 0 Å². The Balaban J connectivity index is 2.63. The molecule has 0 bridgehead atoms. The molecule has 1 aliphatic carbocycles. The molecule has 134 valence electrons. The van der Waals surface area contributed by atoms with Crippen LogP contribution < -0.4 is 4.74 Å². The first kappa shape index (κ1) is 18.9. The second-order valence-corrected chi connectivity index (χ2v) is 7.09. The molecule has 1 N–H and O–H groups in total. The van der Waals surface area contributed by atoms with Crippen LogP contribution in [-0.2, 0) is 0 Å². The number of benzene rings is 1. The monoisotopic (exact) mass is 338 g/mol. The summed E-state index contributed by atoms with van der Waals surface area (Å²) < 4.78 is 31.0. The number of hydrogen-bond donors (Lipinski definition) is 1. The normalized spacial score (nSPS) is 15.2. The maximum Gasteiger partial charge on any atom is 0.272 e.